The molecule has 1 aromatic rings. The van der Waals surface area contributed by atoms with Gasteiger partial charge in [-0.2, -0.15) is 0 Å². The van der Waals surface area contributed by atoms with Crippen molar-refractivity contribution in [3.8, 4) is 5.75 Å². The molecule has 190 valence electrons. The fraction of sp³-hybridized carbons (Fsp3) is 0.400. The Morgan fingerprint density at radius 2 is 1.72 bits per heavy atom. The minimum absolute atomic E-state index is 0.0133. The number of hydrogen-bond acceptors (Lipinski definition) is 10. The molecular weight excluding hydrogens is 472 g/mol. The second-order valence-corrected chi connectivity index (χ2v) is 9.41. The smallest absolute Gasteiger partial charge is 0.308 e. The number of nitrogens with zero attached hydrogens (tertiary/aromatic N) is 1. The Morgan fingerprint density at radius 3 is 2.28 bits per heavy atom. The summed E-state index contributed by atoms with van der Waals surface area (Å²) in [5.41, 5.74) is 3.09. The number of esters is 2. The number of primary amides is 1. The highest BCUT2D eigenvalue weighted by atomic mass is 16.6. The lowest BCUT2D eigenvalue weighted by molar-refractivity contribution is -0.153. The minimum atomic E-state index is -2.58. The number of ether oxygens (including phenoxy) is 2. The van der Waals surface area contributed by atoms with Crippen LogP contribution in [0.15, 0.2) is 34.8 Å². The predicted molar refractivity (Wildman–Crippen MR) is 124 cm³/mol. The molecule has 4 N–H and O–H groups in total. The van der Waals surface area contributed by atoms with Gasteiger partial charge in [-0.25, -0.2) is 0 Å². The van der Waals surface area contributed by atoms with Gasteiger partial charge in [0.05, 0.1) is 5.56 Å². The number of benzene rings is 1. The largest absolute Gasteiger partial charge is 0.511 e. The zero-order valence-electron chi connectivity index (χ0n) is 20.2. The van der Waals surface area contributed by atoms with Crippen LogP contribution in [-0.4, -0.2) is 59.3 Å². The molecule has 3 unspecified atom stereocenters. The van der Waals surface area contributed by atoms with E-state index >= 15 is 0 Å². The molecule has 4 rings (SSSR count). The van der Waals surface area contributed by atoms with E-state index in [0.717, 1.165) is 6.92 Å². The standard InChI is InChI=1S/C25H26N2O9/c1-10(28)35-17-6-5-15(27(3)4)14-8-12-7-13-9-16(30)20(24(26)33)22(32)25(13,34)23(36-11(2)29)18(12)21(31)19(14)17/h5-6,12-13,30,34H,7-9H2,1-4H3,(H2,26,33). The summed E-state index contributed by atoms with van der Waals surface area (Å²) in [4.78, 5) is 64.8. The summed E-state index contributed by atoms with van der Waals surface area (Å²) in [6, 6.07) is 3.18. The lowest BCUT2D eigenvalue weighted by atomic mass is 9.60. The summed E-state index contributed by atoms with van der Waals surface area (Å²) in [6.07, 6.45) is 0.0100. The number of fused-ring (bicyclic) bond motifs is 3. The van der Waals surface area contributed by atoms with Crippen molar-refractivity contribution in [3.05, 3.63) is 45.9 Å². The zero-order valence-corrected chi connectivity index (χ0v) is 20.2. The Labute approximate surface area is 206 Å². The number of hydrogen-bond donors (Lipinski definition) is 3. The molecule has 3 aliphatic carbocycles. The van der Waals surface area contributed by atoms with E-state index in [1.165, 1.54) is 13.0 Å². The lowest BCUT2D eigenvalue weighted by Crippen LogP contribution is -2.58. The van der Waals surface area contributed by atoms with Crippen molar-refractivity contribution in [2.24, 2.45) is 17.6 Å². The Kier molecular flexibility index (Phi) is 5.99. The van der Waals surface area contributed by atoms with Crippen molar-refractivity contribution in [1.82, 2.24) is 0 Å². The maximum Gasteiger partial charge on any atom is 0.308 e. The molecule has 1 aromatic carbocycles. The van der Waals surface area contributed by atoms with Crippen molar-refractivity contribution in [2.75, 3.05) is 19.0 Å². The SMILES string of the molecule is CC(=O)OC1=C2C(=O)c3c(OC(C)=O)ccc(N(C)C)c3CC2CC2CC(O)=C(C(N)=O)C(=O)C12O. The molecule has 0 saturated heterocycles. The van der Waals surface area contributed by atoms with E-state index in [4.69, 9.17) is 15.2 Å². The molecule has 11 nitrogen and oxygen atoms in total. The van der Waals surface area contributed by atoms with Gasteiger partial charge < -0.3 is 30.3 Å². The van der Waals surface area contributed by atoms with Crippen LogP contribution < -0.4 is 15.4 Å². The number of aliphatic hydroxyl groups is 2. The van der Waals surface area contributed by atoms with Gasteiger partial charge in [-0.1, -0.05) is 0 Å². The van der Waals surface area contributed by atoms with Crippen molar-refractivity contribution in [2.45, 2.75) is 38.7 Å². The number of allylic oxidation sites excluding steroid dienone is 2. The third-order valence-electron chi connectivity index (χ3n) is 6.86. The monoisotopic (exact) mass is 498 g/mol. The normalized spacial score (nSPS) is 25.0. The molecule has 0 saturated carbocycles. The van der Waals surface area contributed by atoms with E-state index in [1.807, 2.05) is 0 Å². The molecule has 0 heterocycles. The van der Waals surface area contributed by atoms with Crippen LogP contribution in [0.3, 0.4) is 0 Å². The summed E-state index contributed by atoms with van der Waals surface area (Å²) >= 11 is 0. The molecule has 0 aliphatic heterocycles. The van der Waals surface area contributed by atoms with Gasteiger partial charge in [0.25, 0.3) is 5.91 Å². The number of amides is 1. The number of carbonyl (C=O) groups is 5. The van der Waals surface area contributed by atoms with Crippen LogP contribution in [-0.2, 0) is 30.3 Å². The van der Waals surface area contributed by atoms with E-state index < -0.39 is 63.9 Å². The first-order valence-electron chi connectivity index (χ1n) is 11.3. The molecule has 0 radical (unpaired) electrons. The first kappa shape index (κ1) is 25.1. The number of carbonyl (C=O) groups excluding carboxylic acids is 5. The zero-order chi connectivity index (χ0) is 26.7. The Bertz CT molecular complexity index is 1310. The van der Waals surface area contributed by atoms with Gasteiger partial charge in [0, 0.05) is 51.5 Å². The number of anilines is 1. The lowest BCUT2D eigenvalue weighted by Gasteiger charge is -2.46. The van der Waals surface area contributed by atoms with Crippen LogP contribution in [0.2, 0.25) is 0 Å². The van der Waals surface area contributed by atoms with Gasteiger partial charge >= 0.3 is 11.9 Å². The average Bonchev–Trinajstić information content (AvgIpc) is 2.74. The van der Waals surface area contributed by atoms with Gasteiger partial charge in [-0.05, 0) is 36.5 Å². The van der Waals surface area contributed by atoms with Gasteiger partial charge in [0.15, 0.2) is 17.1 Å². The van der Waals surface area contributed by atoms with Crippen LogP contribution in [0.1, 0.15) is 42.6 Å². The van der Waals surface area contributed by atoms with Crippen LogP contribution in [0.4, 0.5) is 5.69 Å². The van der Waals surface area contributed by atoms with Gasteiger partial charge in [-0.15, -0.1) is 0 Å². The van der Waals surface area contributed by atoms with Crippen molar-refractivity contribution >= 4 is 35.1 Å². The van der Waals surface area contributed by atoms with E-state index in [0.29, 0.717) is 11.3 Å². The van der Waals surface area contributed by atoms with E-state index in [2.05, 4.69) is 0 Å². The highest BCUT2D eigenvalue weighted by Crippen LogP contribution is 2.53. The van der Waals surface area contributed by atoms with Crippen LogP contribution in [0.25, 0.3) is 0 Å². The molecule has 1 amide bonds. The predicted octanol–water partition coefficient (Wildman–Crippen LogP) is 0.871. The summed E-state index contributed by atoms with van der Waals surface area (Å²) < 4.78 is 10.6. The number of Topliss-reactive ketones (excluding diaryl/α,β-unsaturated/α-hetero) is 2. The van der Waals surface area contributed by atoms with E-state index in [-0.39, 0.29) is 36.1 Å². The van der Waals surface area contributed by atoms with Crippen LogP contribution in [0, 0.1) is 11.8 Å². The molecule has 0 bridgehead atoms. The van der Waals surface area contributed by atoms with Crippen molar-refractivity contribution in [1.29, 1.82) is 0 Å². The van der Waals surface area contributed by atoms with Crippen LogP contribution in [0.5, 0.6) is 5.75 Å². The third kappa shape index (κ3) is 3.67. The first-order chi connectivity index (χ1) is 16.8. The number of ketones is 2. The summed E-state index contributed by atoms with van der Waals surface area (Å²) in [7, 11) is 3.57. The van der Waals surface area contributed by atoms with Crippen molar-refractivity contribution < 1.29 is 43.7 Å². The Morgan fingerprint density at radius 1 is 1.08 bits per heavy atom. The van der Waals surface area contributed by atoms with Crippen LogP contribution >= 0.6 is 0 Å². The van der Waals surface area contributed by atoms with Crippen molar-refractivity contribution in [3.63, 3.8) is 0 Å². The summed E-state index contributed by atoms with van der Waals surface area (Å²) in [6.45, 7) is 2.23. The molecule has 0 fully saturated rings. The Hall–Kier alpha value is -3.99. The Balaban J connectivity index is 2.01. The maximum atomic E-state index is 14.0. The third-order valence-corrected chi connectivity index (χ3v) is 6.86. The molecule has 0 aromatic heterocycles. The first-order valence-corrected chi connectivity index (χ1v) is 11.3. The molecule has 3 aliphatic rings. The van der Waals surface area contributed by atoms with Gasteiger partial charge in [0.2, 0.25) is 5.78 Å². The molecule has 36 heavy (non-hydrogen) atoms. The number of aliphatic hydroxyl groups excluding tert-OH is 1. The number of rotatable bonds is 4. The molecule has 11 heteroatoms. The molecule has 3 atom stereocenters. The summed E-state index contributed by atoms with van der Waals surface area (Å²) in [5.74, 6) is -7.52. The minimum Gasteiger partial charge on any atom is -0.511 e. The average molecular weight is 498 g/mol. The fourth-order valence-electron chi connectivity index (χ4n) is 5.50. The highest BCUT2D eigenvalue weighted by molar-refractivity contribution is 6.24. The summed E-state index contributed by atoms with van der Waals surface area (Å²) in [5, 5.41) is 22.1. The second-order valence-electron chi connectivity index (χ2n) is 9.41. The van der Waals surface area contributed by atoms with E-state index in [1.54, 1.807) is 25.1 Å². The molecule has 0 spiro atoms. The fourth-order valence-corrected chi connectivity index (χ4v) is 5.50. The quantitative estimate of drug-likeness (QED) is 0.307. The van der Waals surface area contributed by atoms with E-state index in [9.17, 15) is 34.2 Å². The van der Waals surface area contributed by atoms with Gasteiger partial charge in [-0.3, -0.25) is 24.0 Å². The molecular formula is C25H26N2O9. The topological polar surface area (TPSA) is 174 Å². The highest BCUT2D eigenvalue weighted by Gasteiger charge is 2.61. The maximum absolute atomic E-state index is 14.0. The van der Waals surface area contributed by atoms with Gasteiger partial charge in [0.1, 0.15) is 17.1 Å². The number of nitrogens with two attached hydrogens (primary N) is 1. The second kappa shape index (κ2) is 8.59.